The van der Waals surface area contributed by atoms with Crippen molar-refractivity contribution in [3.8, 4) is 0 Å². The van der Waals surface area contributed by atoms with Gasteiger partial charge in [0, 0.05) is 39.4 Å². The summed E-state index contributed by atoms with van der Waals surface area (Å²) in [5.74, 6) is 0. The van der Waals surface area contributed by atoms with Gasteiger partial charge in [-0.2, -0.15) is 4.31 Å². The van der Waals surface area contributed by atoms with E-state index in [0.717, 1.165) is 28.2 Å². The van der Waals surface area contributed by atoms with E-state index < -0.39 is 21.3 Å². The molecular weight excluding hydrogens is 332 g/mol. The first-order valence-electron chi connectivity index (χ1n) is 6.73. The number of nitrogens with zero attached hydrogens (tertiary/aromatic N) is 3. The summed E-state index contributed by atoms with van der Waals surface area (Å²) in [6.45, 7) is 0.923. The fourth-order valence-electron chi connectivity index (χ4n) is 2.64. The number of sulfonamides is 1. The number of aromatic nitrogens is 2. The van der Waals surface area contributed by atoms with Crippen LogP contribution >= 0.6 is 12.4 Å². The lowest BCUT2D eigenvalue weighted by atomic mass is 10.2. The van der Waals surface area contributed by atoms with Gasteiger partial charge in [0.05, 0.1) is 0 Å². The van der Waals surface area contributed by atoms with Crippen LogP contribution < -0.4 is 16.6 Å². The van der Waals surface area contributed by atoms with Crippen LogP contribution in [0.5, 0.6) is 0 Å². The predicted molar refractivity (Wildman–Crippen MR) is 85.0 cm³/mol. The Bertz CT molecular complexity index is 755. The molecule has 1 atom stereocenters. The Morgan fingerprint density at radius 1 is 1.32 bits per heavy atom. The highest BCUT2D eigenvalue weighted by atomic mass is 35.5. The van der Waals surface area contributed by atoms with E-state index in [9.17, 15) is 18.0 Å². The molecule has 0 amide bonds. The van der Waals surface area contributed by atoms with Gasteiger partial charge < -0.3 is 9.88 Å². The van der Waals surface area contributed by atoms with Gasteiger partial charge in [0.1, 0.15) is 0 Å². The quantitative estimate of drug-likeness (QED) is 0.740. The van der Waals surface area contributed by atoms with Gasteiger partial charge in [0.25, 0.3) is 5.56 Å². The first-order chi connectivity index (χ1) is 9.80. The van der Waals surface area contributed by atoms with Gasteiger partial charge in [0.15, 0.2) is 4.90 Å². The lowest BCUT2D eigenvalue weighted by Gasteiger charge is -2.23. The zero-order valence-corrected chi connectivity index (χ0v) is 14.4. The van der Waals surface area contributed by atoms with Gasteiger partial charge >= 0.3 is 5.69 Å². The second-order valence-corrected chi connectivity index (χ2v) is 7.08. The minimum Gasteiger partial charge on any atom is -0.318 e. The molecule has 1 fully saturated rings. The number of aryl methyl sites for hydroxylation is 1. The standard InChI is InChI=1S/C12H20N4O4S.ClH/c1-13-7-9-5-4-6-16(9)21(19,20)10-8-14(2)12(18)15(3)11(10)17;/h8-9,13H,4-7H2,1-3H3;1H. The Morgan fingerprint density at radius 2 is 1.95 bits per heavy atom. The van der Waals surface area contributed by atoms with Gasteiger partial charge in [0.2, 0.25) is 10.0 Å². The number of nitrogens with one attached hydrogen (secondary N) is 1. The largest absolute Gasteiger partial charge is 0.330 e. The first-order valence-corrected chi connectivity index (χ1v) is 8.17. The van der Waals surface area contributed by atoms with Crippen LogP contribution in [0.25, 0.3) is 0 Å². The monoisotopic (exact) mass is 352 g/mol. The zero-order valence-electron chi connectivity index (χ0n) is 12.8. The van der Waals surface area contributed by atoms with Gasteiger partial charge in [-0.25, -0.2) is 13.2 Å². The summed E-state index contributed by atoms with van der Waals surface area (Å²) in [5, 5.41) is 2.97. The molecular formula is C12H21ClN4O4S. The van der Waals surface area contributed by atoms with E-state index in [4.69, 9.17) is 0 Å². The van der Waals surface area contributed by atoms with Gasteiger partial charge in [-0.3, -0.25) is 9.36 Å². The summed E-state index contributed by atoms with van der Waals surface area (Å²) < 4.78 is 28.7. The molecule has 0 spiro atoms. The zero-order chi connectivity index (χ0) is 15.8. The summed E-state index contributed by atoms with van der Waals surface area (Å²) in [5.41, 5.74) is -1.33. The highest BCUT2D eigenvalue weighted by Crippen LogP contribution is 2.23. The third-order valence-electron chi connectivity index (χ3n) is 3.76. The fourth-order valence-corrected chi connectivity index (χ4v) is 4.49. The van der Waals surface area contributed by atoms with Crippen molar-refractivity contribution in [1.82, 2.24) is 18.8 Å². The number of likely N-dealkylation sites (N-methyl/N-ethyl adjacent to an activating group) is 1. The molecule has 1 aliphatic rings. The van der Waals surface area contributed by atoms with Crippen molar-refractivity contribution in [3.05, 3.63) is 27.0 Å². The van der Waals surface area contributed by atoms with Crippen molar-refractivity contribution in [2.45, 2.75) is 23.8 Å². The van der Waals surface area contributed by atoms with E-state index in [-0.39, 0.29) is 23.3 Å². The van der Waals surface area contributed by atoms with Crippen molar-refractivity contribution >= 4 is 22.4 Å². The van der Waals surface area contributed by atoms with Crippen molar-refractivity contribution < 1.29 is 8.42 Å². The molecule has 10 heteroatoms. The highest BCUT2D eigenvalue weighted by Gasteiger charge is 2.37. The Labute approximate surface area is 135 Å². The molecule has 2 heterocycles. The van der Waals surface area contributed by atoms with Crippen LogP contribution in [-0.2, 0) is 24.1 Å². The van der Waals surface area contributed by atoms with Crippen LogP contribution in [0.4, 0.5) is 0 Å². The molecule has 1 aromatic rings. The predicted octanol–water partition coefficient (Wildman–Crippen LogP) is -1.12. The van der Waals surface area contributed by atoms with Crippen molar-refractivity contribution in [2.75, 3.05) is 20.1 Å². The van der Waals surface area contributed by atoms with Crippen molar-refractivity contribution in [2.24, 2.45) is 14.1 Å². The maximum atomic E-state index is 12.7. The second kappa shape index (κ2) is 6.95. The SMILES string of the molecule is CNCC1CCCN1S(=O)(=O)c1cn(C)c(=O)n(C)c1=O.Cl. The molecule has 0 saturated carbocycles. The van der Waals surface area contributed by atoms with Crippen LogP contribution in [-0.4, -0.2) is 48.0 Å². The molecule has 0 bridgehead atoms. The second-order valence-electron chi connectivity index (χ2n) is 5.22. The molecule has 0 aromatic carbocycles. The summed E-state index contributed by atoms with van der Waals surface area (Å²) in [6, 6.07) is -0.165. The molecule has 2 rings (SSSR count). The summed E-state index contributed by atoms with van der Waals surface area (Å²) >= 11 is 0. The molecule has 126 valence electrons. The van der Waals surface area contributed by atoms with E-state index in [1.807, 2.05) is 0 Å². The minimum atomic E-state index is -3.90. The van der Waals surface area contributed by atoms with Crippen molar-refractivity contribution in [3.63, 3.8) is 0 Å². The highest BCUT2D eigenvalue weighted by molar-refractivity contribution is 7.89. The molecule has 22 heavy (non-hydrogen) atoms. The molecule has 1 aliphatic heterocycles. The lowest BCUT2D eigenvalue weighted by molar-refractivity contribution is 0.377. The number of rotatable bonds is 4. The van der Waals surface area contributed by atoms with Crippen LogP contribution in [0, 0.1) is 0 Å². The van der Waals surface area contributed by atoms with E-state index in [0.29, 0.717) is 13.1 Å². The fraction of sp³-hybridized carbons (Fsp3) is 0.667. The summed E-state index contributed by atoms with van der Waals surface area (Å²) in [7, 11) is 0.559. The third kappa shape index (κ3) is 3.12. The average molecular weight is 353 g/mol. The van der Waals surface area contributed by atoms with Gasteiger partial charge in [-0.15, -0.1) is 12.4 Å². The Kier molecular flexibility index (Phi) is 5.96. The number of hydrogen-bond acceptors (Lipinski definition) is 5. The van der Waals surface area contributed by atoms with E-state index >= 15 is 0 Å². The number of halogens is 1. The van der Waals surface area contributed by atoms with Gasteiger partial charge in [-0.1, -0.05) is 0 Å². The van der Waals surface area contributed by atoms with Crippen molar-refractivity contribution in [1.29, 1.82) is 0 Å². The molecule has 0 aliphatic carbocycles. The summed E-state index contributed by atoms with van der Waals surface area (Å²) in [6.07, 6.45) is 2.62. The minimum absolute atomic E-state index is 0. The Morgan fingerprint density at radius 3 is 2.55 bits per heavy atom. The van der Waals surface area contributed by atoms with E-state index in [1.165, 1.54) is 18.4 Å². The first kappa shape index (κ1) is 18.9. The van der Waals surface area contributed by atoms with Crippen LogP contribution in [0.1, 0.15) is 12.8 Å². The third-order valence-corrected chi connectivity index (χ3v) is 5.70. The molecule has 0 radical (unpaired) electrons. The van der Waals surface area contributed by atoms with Crippen LogP contribution in [0.15, 0.2) is 20.7 Å². The number of hydrogen-bond donors (Lipinski definition) is 1. The maximum absolute atomic E-state index is 12.7. The lowest BCUT2D eigenvalue weighted by Crippen LogP contribution is -2.45. The average Bonchev–Trinajstić information content (AvgIpc) is 2.90. The molecule has 1 N–H and O–H groups in total. The van der Waals surface area contributed by atoms with Crippen LogP contribution in [0.2, 0.25) is 0 Å². The Hall–Kier alpha value is -1.16. The Balaban J connectivity index is 0.00000242. The van der Waals surface area contributed by atoms with E-state index in [2.05, 4.69) is 5.32 Å². The molecule has 1 aromatic heterocycles. The normalized spacial score (nSPS) is 19.1. The van der Waals surface area contributed by atoms with E-state index in [1.54, 1.807) is 7.05 Å². The summed E-state index contributed by atoms with van der Waals surface area (Å²) in [4.78, 5) is 23.5. The maximum Gasteiger partial charge on any atom is 0.330 e. The molecule has 8 nitrogen and oxygen atoms in total. The van der Waals surface area contributed by atoms with Crippen LogP contribution in [0.3, 0.4) is 0 Å². The van der Waals surface area contributed by atoms with Gasteiger partial charge in [-0.05, 0) is 19.9 Å². The smallest absolute Gasteiger partial charge is 0.318 e. The molecule has 1 saturated heterocycles. The topological polar surface area (TPSA) is 93.4 Å². The molecule has 1 unspecified atom stereocenters.